The van der Waals surface area contributed by atoms with Crippen LogP contribution in [0.15, 0.2) is 29.2 Å². The molecule has 17 heavy (non-hydrogen) atoms. The molecule has 0 spiro atoms. The summed E-state index contributed by atoms with van der Waals surface area (Å²) in [7, 11) is -1.95. The van der Waals surface area contributed by atoms with Crippen LogP contribution < -0.4 is 0 Å². The third kappa shape index (κ3) is 3.04. The SMILES string of the molecule is CCC(CC)N(C)S(=O)(=O)c1ccc(F)cc1. The average Bonchev–Trinajstić information content (AvgIpc) is 2.31. The number of rotatable bonds is 5. The molecule has 1 aromatic carbocycles. The second-order valence-corrected chi connectivity index (χ2v) is 5.94. The Hall–Kier alpha value is -0.940. The smallest absolute Gasteiger partial charge is 0.207 e. The van der Waals surface area contributed by atoms with E-state index in [2.05, 4.69) is 0 Å². The molecule has 0 bridgehead atoms. The summed E-state index contributed by atoms with van der Waals surface area (Å²) >= 11 is 0. The van der Waals surface area contributed by atoms with Crippen molar-refractivity contribution in [3.05, 3.63) is 30.1 Å². The van der Waals surface area contributed by atoms with Gasteiger partial charge in [-0.25, -0.2) is 12.8 Å². The maximum Gasteiger partial charge on any atom is 0.243 e. The molecule has 0 N–H and O–H groups in total. The highest BCUT2D eigenvalue weighted by Gasteiger charge is 2.25. The third-order valence-electron chi connectivity index (χ3n) is 2.95. The van der Waals surface area contributed by atoms with Crippen LogP contribution in [0.3, 0.4) is 0 Å². The van der Waals surface area contributed by atoms with E-state index >= 15 is 0 Å². The fourth-order valence-electron chi connectivity index (χ4n) is 1.77. The molecule has 0 atom stereocenters. The highest BCUT2D eigenvalue weighted by Crippen LogP contribution is 2.19. The van der Waals surface area contributed by atoms with Crippen molar-refractivity contribution < 1.29 is 12.8 Å². The van der Waals surface area contributed by atoms with Crippen LogP contribution in [-0.4, -0.2) is 25.8 Å². The fourth-order valence-corrected chi connectivity index (χ4v) is 3.28. The largest absolute Gasteiger partial charge is 0.243 e. The summed E-state index contributed by atoms with van der Waals surface area (Å²) in [5.41, 5.74) is 0. The molecule has 0 aliphatic heterocycles. The molecule has 0 heterocycles. The maximum atomic E-state index is 12.8. The van der Waals surface area contributed by atoms with Crippen LogP contribution in [-0.2, 0) is 10.0 Å². The monoisotopic (exact) mass is 259 g/mol. The van der Waals surface area contributed by atoms with E-state index in [1.54, 1.807) is 7.05 Å². The number of hydrogen-bond acceptors (Lipinski definition) is 2. The molecule has 96 valence electrons. The van der Waals surface area contributed by atoms with Crippen LogP contribution in [0.5, 0.6) is 0 Å². The van der Waals surface area contributed by atoms with Gasteiger partial charge < -0.3 is 0 Å². The number of halogens is 1. The van der Waals surface area contributed by atoms with Crippen LogP contribution in [0, 0.1) is 5.82 Å². The Morgan fingerprint density at radius 2 is 1.65 bits per heavy atom. The molecule has 1 aromatic rings. The van der Waals surface area contributed by atoms with E-state index < -0.39 is 15.8 Å². The number of hydrogen-bond donors (Lipinski definition) is 0. The van der Waals surface area contributed by atoms with Crippen molar-refractivity contribution in [3.8, 4) is 0 Å². The molecule has 0 aromatic heterocycles. The van der Waals surface area contributed by atoms with Gasteiger partial charge in [-0.15, -0.1) is 0 Å². The first-order chi connectivity index (χ1) is 7.93. The lowest BCUT2D eigenvalue weighted by atomic mass is 10.2. The zero-order valence-corrected chi connectivity index (χ0v) is 11.2. The van der Waals surface area contributed by atoms with Crippen molar-refractivity contribution in [2.24, 2.45) is 0 Å². The lowest BCUT2D eigenvalue weighted by molar-refractivity contribution is 0.349. The predicted molar refractivity (Wildman–Crippen MR) is 65.7 cm³/mol. The summed E-state index contributed by atoms with van der Waals surface area (Å²) in [4.78, 5) is 0.133. The minimum atomic E-state index is -3.51. The number of nitrogens with zero attached hydrogens (tertiary/aromatic N) is 1. The van der Waals surface area contributed by atoms with Crippen molar-refractivity contribution in [2.45, 2.75) is 37.6 Å². The van der Waals surface area contributed by atoms with E-state index in [0.29, 0.717) is 0 Å². The lowest BCUT2D eigenvalue weighted by Crippen LogP contribution is -2.36. The highest BCUT2D eigenvalue weighted by atomic mass is 32.2. The Morgan fingerprint density at radius 1 is 1.18 bits per heavy atom. The molecule has 0 aliphatic rings. The molecule has 0 saturated carbocycles. The summed E-state index contributed by atoms with van der Waals surface area (Å²) in [5.74, 6) is -0.436. The molecular weight excluding hydrogens is 241 g/mol. The molecule has 0 fully saturated rings. The molecule has 0 saturated heterocycles. The molecule has 3 nitrogen and oxygen atoms in total. The van der Waals surface area contributed by atoms with E-state index in [-0.39, 0.29) is 10.9 Å². The van der Waals surface area contributed by atoms with Gasteiger partial charge in [0.05, 0.1) is 4.90 Å². The summed E-state index contributed by atoms with van der Waals surface area (Å²) in [5, 5.41) is 0. The number of benzene rings is 1. The quantitative estimate of drug-likeness (QED) is 0.815. The van der Waals surface area contributed by atoms with Gasteiger partial charge in [0.1, 0.15) is 5.82 Å². The average molecular weight is 259 g/mol. The third-order valence-corrected chi connectivity index (χ3v) is 4.87. The van der Waals surface area contributed by atoms with Crippen molar-refractivity contribution in [3.63, 3.8) is 0 Å². The van der Waals surface area contributed by atoms with Crippen molar-refractivity contribution in [1.82, 2.24) is 4.31 Å². The molecule has 1 rings (SSSR count). The first kappa shape index (κ1) is 14.1. The molecule has 0 aliphatic carbocycles. The van der Waals surface area contributed by atoms with Gasteiger partial charge in [0.15, 0.2) is 0 Å². The lowest BCUT2D eigenvalue weighted by Gasteiger charge is -2.25. The normalized spacial score (nSPS) is 12.4. The van der Waals surface area contributed by atoms with Gasteiger partial charge in [-0.05, 0) is 37.1 Å². The zero-order valence-electron chi connectivity index (χ0n) is 10.4. The second-order valence-electron chi connectivity index (χ2n) is 3.95. The van der Waals surface area contributed by atoms with Gasteiger partial charge in [-0.2, -0.15) is 4.31 Å². The van der Waals surface area contributed by atoms with E-state index in [1.807, 2.05) is 13.8 Å². The fraction of sp³-hybridized carbons (Fsp3) is 0.500. The second kappa shape index (κ2) is 5.60. The van der Waals surface area contributed by atoms with Gasteiger partial charge in [0.2, 0.25) is 10.0 Å². The zero-order chi connectivity index (χ0) is 13.1. The molecule has 0 unspecified atom stereocenters. The van der Waals surface area contributed by atoms with E-state index in [1.165, 1.54) is 16.4 Å². The van der Waals surface area contributed by atoms with Crippen molar-refractivity contribution in [2.75, 3.05) is 7.05 Å². The molecular formula is C12H18FNO2S. The van der Waals surface area contributed by atoms with Crippen LogP contribution in [0.2, 0.25) is 0 Å². The minimum absolute atomic E-state index is 0.0231. The predicted octanol–water partition coefficient (Wildman–Crippen LogP) is 2.63. The summed E-state index contributed by atoms with van der Waals surface area (Å²) in [6.45, 7) is 3.90. The topological polar surface area (TPSA) is 37.4 Å². The van der Waals surface area contributed by atoms with E-state index in [4.69, 9.17) is 0 Å². The first-order valence-electron chi connectivity index (χ1n) is 5.67. The van der Waals surface area contributed by atoms with Gasteiger partial charge in [-0.3, -0.25) is 0 Å². The minimum Gasteiger partial charge on any atom is -0.207 e. The van der Waals surface area contributed by atoms with Gasteiger partial charge in [0, 0.05) is 13.1 Å². The van der Waals surface area contributed by atoms with Crippen LogP contribution in [0.25, 0.3) is 0 Å². The Bertz CT molecular complexity index is 452. The molecule has 0 radical (unpaired) electrons. The summed E-state index contributed by atoms with van der Waals surface area (Å²) in [6, 6.07) is 4.89. The summed E-state index contributed by atoms with van der Waals surface area (Å²) < 4.78 is 38.5. The van der Waals surface area contributed by atoms with Gasteiger partial charge in [0.25, 0.3) is 0 Å². The standard InChI is InChI=1S/C12H18FNO2S/c1-4-11(5-2)14(3)17(15,16)12-8-6-10(13)7-9-12/h6-9,11H,4-5H2,1-3H3. The van der Waals surface area contributed by atoms with Crippen molar-refractivity contribution >= 4 is 10.0 Å². The highest BCUT2D eigenvalue weighted by molar-refractivity contribution is 7.89. The number of sulfonamides is 1. The van der Waals surface area contributed by atoms with E-state index in [9.17, 15) is 12.8 Å². The molecule has 5 heteroatoms. The van der Waals surface area contributed by atoms with E-state index in [0.717, 1.165) is 25.0 Å². The van der Waals surface area contributed by atoms with Crippen LogP contribution >= 0.6 is 0 Å². The van der Waals surface area contributed by atoms with Crippen LogP contribution in [0.1, 0.15) is 26.7 Å². The Morgan fingerprint density at radius 3 is 2.06 bits per heavy atom. The van der Waals surface area contributed by atoms with Crippen molar-refractivity contribution in [1.29, 1.82) is 0 Å². The Labute approximate surface area is 102 Å². The Balaban J connectivity index is 3.06. The first-order valence-corrected chi connectivity index (χ1v) is 7.11. The molecule has 0 amide bonds. The van der Waals surface area contributed by atoms with Gasteiger partial charge in [-0.1, -0.05) is 13.8 Å². The maximum absolute atomic E-state index is 12.8. The summed E-state index contributed by atoms with van der Waals surface area (Å²) in [6.07, 6.45) is 1.51. The van der Waals surface area contributed by atoms with Gasteiger partial charge >= 0.3 is 0 Å². The Kier molecular flexibility index (Phi) is 4.65. The van der Waals surface area contributed by atoms with Crippen LogP contribution in [0.4, 0.5) is 4.39 Å².